The summed E-state index contributed by atoms with van der Waals surface area (Å²) in [6.45, 7) is 7.17. The van der Waals surface area contributed by atoms with Crippen molar-refractivity contribution in [3.63, 3.8) is 0 Å². The zero-order valence-corrected chi connectivity index (χ0v) is 9.33. The Morgan fingerprint density at radius 2 is 2.36 bits per heavy atom. The molecule has 1 N–H and O–H groups in total. The summed E-state index contributed by atoms with van der Waals surface area (Å²) in [5, 5.41) is 3.53. The molecule has 2 saturated heterocycles. The molecule has 2 aliphatic rings. The summed E-state index contributed by atoms with van der Waals surface area (Å²) >= 11 is 0. The van der Waals surface area contributed by atoms with Gasteiger partial charge < -0.3 is 15.0 Å². The Bertz CT molecular complexity index is 186. The summed E-state index contributed by atoms with van der Waals surface area (Å²) in [5.74, 6) is 0.898. The van der Waals surface area contributed by atoms with Crippen molar-refractivity contribution in [1.29, 1.82) is 0 Å². The molecule has 0 spiro atoms. The highest BCUT2D eigenvalue weighted by Gasteiger charge is 2.27. The molecule has 0 aliphatic carbocycles. The molecule has 2 rings (SSSR count). The van der Waals surface area contributed by atoms with Crippen molar-refractivity contribution in [2.75, 3.05) is 33.3 Å². The Labute approximate surface area is 86.8 Å². The molecule has 0 aromatic heterocycles. The molecule has 0 bridgehead atoms. The lowest BCUT2D eigenvalue weighted by Crippen LogP contribution is -2.36. The summed E-state index contributed by atoms with van der Waals surface area (Å²) in [6.07, 6.45) is 3.00. The van der Waals surface area contributed by atoms with E-state index in [1.165, 1.54) is 32.5 Å². The fourth-order valence-corrected chi connectivity index (χ4v) is 2.60. The lowest BCUT2D eigenvalue weighted by atomic mass is 10.2. The van der Waals surface area contributed by atoms with Crippen LogP contribution in [0.15, 0.2) is 0 Å². The highest BCUT2D eigenvalue weighted by Crippen LogP contribution is 2.17. The van der Waals surface area contributed by atoms with E-state index in [1.54, 1.807) is 0 Å². The first-order valence-electron chi connectivity index (χ1n) is 5.76. The van der Waals surface area contributed by atoms with Crippen LogP contribution in [0.3, 0.4) is 0 Å². The molecule has 82 valence electrons. The molecule has 2 heterocycles. The lowest BCUT2D eigenvalue weighted by Gasteiger charge is -2.20. The fraction of sp³-hybridized carbons (Fsp3) is 1.00. The number of methoxy groups -OCH3 is 1. The molecule has 2 fully saturated rings. The lowest BCUT2D eigenvalue weighted by molar-refractivity contribution is 0.116. The maximum Gasteiger partial charge on any atom is 0.0711 e. The van der Waals surface area contributed by atoms with Crippen LogP contribution in [0.5, 0.6) is 0 Å². The number of nitrogens with zero attached hydrogens (tertiary/aromatic N) is 1. The predicted molar refractivity (Wildman–Crippen MR) is 57.4 cm³/mol. The molecule has 3 unspecified atom stereocenters. The van der Waals surface area contributed by atoms with Crippen LogP contribution in [0.2, 0.25) is 0 Å². The molecule has 2 aliphatic heterocycles. The first kappa shape index (κ1) is 10.4. The summed E-state index contributed by atoms with van der Waals surface area (Å²) in [4.78, 5) is 2.58. The summed E-state index contributed by atoms with van der Waals surface area (Å²) < 4.78 is 5.35. The molecule has 3 heteroatoms. The summed E-state index contributed by atoms with van der Waals surface area (Å²) in [5.41, 5.74) is 0. The van der Waals surface area contributed by atoms with Crippen LogP contribution >= 0.6 is 0 Å². The van der Waals surface area contributed by atoms with Crippen LogP contribution in [-0.4, -0.2) is 50.3 Å². The number of likely N-dealkylation sites (tertiary alicyclic amines) is 1. The van der Waals surface area contributed by atoms with Crippen LogP contribution in [0.4, 0.5) is 0 Å². The Hall–Kier alpha value is -0.120. The molecule has 0 aromatic carbocycles. The van der Waals surface area contributed by atoms with Crippen molar-refractivity contribution in [3.8, 4) is 0 Å². The standard InChI is InChI=1S/C11H22N2O/c1-9-3-4-13(7-9)8-10-5-11(14-2)6-12-10/h9-12H,3-8H2,1-2H3. The third-order valence-corrected chi connectivity index (χ3v) is 3.50. The van der Waals surface area contributed by atoms with E-state index in [1.807, 2.05) is 7.11 Å². The van der Waals surface area contributed by atoms with E-state index in [4.69, 9.17) is 4.74 Å². The Kier molecular flexibility index (Phi) is 3.42. The number of ether oxygens (including phenoxy) is 1. The van der Waals surface area contributed by atoms with E-state index in [-0.39, 0.29) is 0 Å². The zero-order valence-electron chi connectivity index (χ0n) is 9.33. The first-order valence-corrected chi connectivity index (χ1v) is 5.76. The van der Waals surface area contributed by atoms with Gasteiger partial charge in [-0.2, -0.15) is 0 Å². The van der Waals surface area contributed by atoms with Gasteiger partial charge >= 0.3 is 0 Å². The molecule has 0 aromatic rings. The van der Waals surface area contributed by atoms with Crippen molar-refractivity contribution in [3.05, 3.63) is 0 Å². The average Bonchev–Trinajstić information content (AvgIpc) is 2.76. The van der Waals surface area contributed by atoms with Crippen molar-refractivity contribution < 1.29 is 4.74 Å². The predicted octanol–water partition coefficient (Wildman–Crippen LogP) is 0.705. The van der Waals surface area contributed by atoms with Gasteiger partial charge in [0, 0.05) is 32.8 Å². The van der Waals surface area contributed by atoms with Gasteiger partial charge in [-0.15, -0.1) is 0 Å². The van der Waals surface area contributed by atoms with Crippen LogP contribution < -0.4 is 5.32 Å². The Morgan fingerprint density at radius 3 is 2.93 bits per heavy atom. The maximum atomic E-state index is 5.35. The largest absolute Gasteiger partial charge is 0.380 e. The molecule has 0 amide bonds. The van der Waals surface area contributed by atoms with Gasteiger partial charge in [-0.3, -0.25) is 0 Å². The minimum absolute atomic E-state index is 0.444. The average molecular weight is 198 g/mol. The number of rotatable bonds is 3. The molecule has 3 nitrogen and oxygen atoms in total. The second kappa shape index (κ2) is 4.60. The van der Waals surface area contributed by atoms with Crippen LogP contribution in [-0.2, 0) is 4.74 Å². The van der Waals surface area contributed by atoms with E-state index in [0.717, 1.165) is 12.5 Å². The van der Waals surface area contributed by atoms with Crippen molar-refractivity contribution in [2.24, 2.45) is 5.92 Å². The van der Waals surface area contributed by atoms with E-state index in [2.05, 4.69) is 17.1 Å². The van der Waals surface area contributed by atoms with E-state index in [9.17, 15) is 0 Å². The second-order valence-corrected chi connectivity index (χ2v) is 4.85. The highest BCUT2D eigenvalue weighted by molar-refractivity contribution is 4.86. The quantitative estimate of drug-likeness (QED) is 0.722. The maximum absolute atomic E-state index is 5.35. The monoisotopic (exact) mass is 198 g/mol. The van der Waals surface area contributed by atoms with Gasteiger partial charge in [0.15, 0.2) is 0 Å². The number of hydrogen-bond acceptors (Lipinski definition) is 3. The number of hydrogen-bond donors (Lipinski definition) is 1. The van der Waals surface area contributed by atoms with Crippen molar-refractivity contribution in [1.82, 2.24) is 10.2 Å². The van der Waals surface area contributed by atoms with E-state index < -0.39 is 0 Å². The van der Waals surface area contributed by atoms with E-state index >= 15 is 0 Å². The zero-order chi connectivity index (χ0) is 9.97. The van der Waals surface area contributed by atoms with Crippen LogP contribution in [0, 0.1) is 5.92 Å². The molecular formula is C11H22N2O. The normalized spacial score (nSPS) is 39.4. The Morgan fingerprint density at radius 1 is 1.50 bits per heavy atom. The Balaban J connectivity index is 1.71. The van der Waals surface area contributed by atoms with Gasteiger partial charge in [0.2, 0.25) is 0 Å². The van der Waals surface area contributed by atoms with Crippen LogP contribution in [0.25, 0.3) is 0 Å². The fourth-order valence-electron chi connectivity index (χ4n) is 2.60. The molecule has 0 radical (unpaired) electrons. The van der Waals surface area contributed by atoms with Gasteiger partial charge in [0.25, 0.3) is 0 Å². The third-order valence-electron chi connectivity index (χ3n) is 3.50. The van der Waals surface area contributed by atoms with E-state index in [0.29, 0.717) is 12.1 Å². The van der Waals surface area contributed by atoms with Gasteiger partial charge in [0.1, 0.15) is 0 Å². The highest BCUT2D eigenvalue weighted by atomic mass is 16.5. The van der Waals surface area contributed by atoms with Crippen molar-refractivity contribution in [2.45, 2.75) is 31.9 Å². The summed E-state index contributed by atoms with van der Waals surface area (Å²) in [6, 6.07) is 0.658. The molecule has 14 heavy (non-hydrogen) atoms. The van der Waals surface area contributed by atoms with Crippen LogP contribution in [0.1, 0.15) is 19.8 Å². The minimum atomic E-state index is 0.444. The molecule has 3 atom stereocenters. The van der Waals surface area contributed by atoms with Gasteiger partial charge in [-0.25, -0.2) is 0 Å². The van der Waals surface area contributed by atoms with Gasteiger partial charge in [-0.05, 0) is 25.3 Å². The number of nitrogens with one attached hydrogen (secondary N) is 1. The smallest absolute Gasteiger partial charge is 0.0711 e. The van der Waals surface area contributed by atoms with Gasteiger partial charge in [0.05, 0.1) is 6.10 Å². The summed E-state index contributed by atoms with van der Waals surface area (Å²) in [7, 11) is 1.81. The molecular weight excluding hydrogens is 176 g/mol. The van der Waals surface area contributed by atoms with Crippen molar-refractivity contribution >= 4 is 0 Å². The second-order valence-electron chi connectivity index (χ2n) is 4.85. The first-order chi connectivity index (χ1) is 6.78. The SMILES string of the molecule is COC1CNC(CN2CCC(C)C2)C1. The molecule has 0 saturated carbocycles. The topological polar surface area (TPSA) is 24.5 Å². The van der Waals surface area contributed by atoms with Gasteiger partial charge in [-0.1, -0.05) is 6.92 Å². The minimum Gasteiger partial charge on any atom is -0.380 e. The third kappa shape index (κ3) is 2.47.